The number of hydrogen-bond donors (Lipinski definition) is 0. The largest absolute Gasteiger partial charge is 0.411 e. The number of ether oxygens (including phenoxy) is 1. The van der Waals surface area contributed by atoms with E-state index in [4.69, 9.17) is 11.6 Å². The molecule has 0 saturated carbocycles. The molecule has 1 aliphatic heterocycles. The first-order chi connectivity index (χ1) is 8.01. The molecule has 0 aromatic carbocycles. The van der Waals surface area contributed by atoms with Gasteiger partial charge < -0.3 is 4.74 Å². The van der Waals surface area contributed by atoms with Crippen molar-refractivity contribution >= 4 is 11.6 Å². The maximum Gasteiger partial charge on any atom is 0.411 e. The Labute approximate surface area is 104 Å². The van der Waals surface area contributed by atoms with Gasteiger partial charge in [-0.25, -0.2) is 0 Å². The lowest BCUT2D eigenvalue weighted by atomic mass is 10.3. The fourth-order valence-corrected chi connectivity index (χ4v) is 1.98. The molecule has 1 fully saturated rings. The molecule has 7 heteroatoms. The zero-order valence-electron chi connectivity index (χ0n) is 9.68. The van der Waals surface area contributed by atoms with Gasteiger partial charge in [0, 0.05) is 45.1 Å². The third kappa shape index (κ3) is 7.08. The van der Waals surface area contributed by atoms with Crippen LogP contribution in [0.5, 0.6) is 0 Å². The Hall–Kier alpha value is -0.0400. The van der Waals surface area contributed by atoms with Crippen LogP contribution in [0.4, 0.5) is 13.2 Å². The summed E-state index contributed by atoms with van der Waals surface area (Å²) < 4.78 is 40.0. The van der Waals surface area contributed by atoms with Crippen LogP contribution in [0.15, 0.2) is 0 Å². The smallest absolute Gasteiger partial charge is 0.371 e. The standard InChI is InChI=1S/C10H18ClF3N2O/c11-1-2-15-3-5-16(6-4-15)7-8-17-9-10(12,13)14/h1-9H2. The molecule has 0 unspecified atom stereocenters. The van der Waals surface area contributed by atoms with E-state index in [1.807, 2.05) is 0 Å². The molecule has 3 nitrogen and oxygen atoms in total. The lowest BCUT2D eigenvalue weighted by Gasteiger charge is -2.34. The van der Waals surface area contributed by atoms with Gasteiger partial charge in [-0.2, -0.15) is 13.2 Å². The summed E-state index contributed by atoms with van der Waals surface area (Å²) in [6, 6.07) is 0. The zero-order chi connectivity index (χ0) is 12.7. The van der Waals surface area contributed by atoms with Crippen LogP contribution in [-0.4, -0.2) is 74.3 Å². The molecule has 0 atom stereocenters. The summed E-state index contributed by atoms with van der Waals surface area (Å²) in [6.07, 6.45) is -4.22. The summed E-state index contributed by atoms with van der Waals surface area (Å²) in [6.45, 7) is 4.00. The molecule has 1 heterocycles. The molecule has 1 saturated heterocycles. The maximum atomic E-state index is 11.8. The first kappa shape index (κ1) is 15.0. The molecule has 102 valence electrons. The fraction of sp³-hybridized carbons (Fsp3) is 1.00. The van der Waals surface area contributed by atoms with E-state index in [9.17, 15) is 13.2 Å². The van der Waals surface area contributed by atoms with Crippen molar-refractivity contribution in [1.29, 1.82) is 0 Å². The van der Waals surface area contributed by atoms with Crippen LogP contribution in [-0.2, 0) is 4.74 Å². The van der Waals surface area contributed by atoms with E-state index >= 15 is 0 Å². The van der Waals surface area contributed by atoms with Gasteiger partial charge in [0.15, 0.2) is 0 Å². The third-order valence-electron chi connectivity index (χ3n) is 2.68. The number of piperazine rings is 1. The fourth-order valence-electron chi connectivity index (χ4n) is 1.74. The zero-order valence-corrected chi connectivity index (χ0v) is 10.4. The van der Waals surface area contributed by atoms with Gasteiger partial charge in [0.1, 0.15) is 6.61 Å². The van der Waals surface area contributed by atoms with E-state index in [-0.39, 0.29) is 6.61 Å². The van der Waals surface area contributed by atoms with Gasteiger partial charge in [0.25, 0.3) is 0 Å². The highest BCUT2D eigenvalue weighted by Crippen LogP contribution is 2.14. The highest BCUT2D eigenvalue weighted by molar-refractivity contribution is 6.18. The summed E-state index contributed by atoms with van der Waals surface area (Å²) in [5.74, 6) is 0.620. The van der Waals surface area contributed by atoms with Gasteiger partial charge in [-0.1, -0.05) is 0 Å². The van der Waals surface area contributed by atoms with E-state index in [1.54, 1.807) is 0 Å². The minimum absolute atomic E-state index is 0.134. The van der Waals surface area contributed by atoms with Gasteiger partial charge in [-0.15, -0.1) is 11.6 Å². The third-order valence-corrected chi connectivity index (χ3v) is 2.85. The van der Waals surface area contributed by atoms with Crippen molar-refractivity contribution in [2.75, 3.05) is 58.4 Å². The summed E-state index contributed by atoms with van der Waals surface area (Å²) in [4.78, 5) is 4.36. The first-order valence-corrected chi connectivity index (χ1v) is 6.20. The number of halogens is 4. The lowest BCUT2D eigenvalue weighted by molar-refractivity contribution is -0.174. The Balaban J connectivity index is 2.02. The van der Waals surface area contributed by atoms with E-state index in [2.05, 4.69) is 14.5 Å². The van der Waals surface area contributed by atoms with Crippen molar-refractivity contribution < 1.29 is 17.9 Å². The Bertz CT molecular complexity index is 208. The normalized spacial score (nSPS) is 19.8. The number of rotatable bonds is 6. The average molecular weight is 275 g/mol. The van der Waals surface area contributed by atoms with Crippen LogP contribution in [0, 0.1) is 0 Å². The quantitative estimate of drug-likeness (QED) is 0.538. The van der Waals surface area contributed by atoms with Gasteiger partial charge in [0.2, 0.25) is 0 Å². The number of nitrogens with zero attached hydrogens (tertiary/aromatic N) is 2. The van der Waals surface area contributed by atoms with E-state index in [0.29, 0.717) is 12.4 Å². The van der Waals surface area contributed by atoms with Crippen molar-refractivity contribution in [3.63, 3.8) is 0 Å². The molecule has 0 amide bonds. The molecule has 17 heavy (non-hydrogen) atoms. The second-order valence-corrected chi connectivity index (χ2v) is 4.42. The Morgan fingerprint density at radius 2 is 1.53 bits per heavy atom. The van der Waals surface area contributed by atoms with Crippen molar-refractivity contribution in [1.82, 2.24) is 9.80 Å². The van der Waals surface area contributed by atoms with Crippen molar-refractivity contribution in [2.45, 2.75) is 6.18 Å². The summed E-state index contributed by atoms with van der Waals surface area (Å²) in [5, 5.41) is 0. The van der Waals surface area contributed by atoms with Crippen LogP contribution < -0.4 is 0 Å². The average Bonchev–Trinajstić information content (AvgIpc) is 2.26. The van der Waals surface area contributed by atoms with Crippen molar-refractivity contribution in [3.8, 4) is 0 Å². The highest BCUT2D eigenvalue weighted by Gasteiger charge is 2.27. The molecule has 0 aromatic heterocycles. The topological polar surface area (TPSA) is 15.7 Å². The van der Waals surface area contributed by atoms with Crippen LogP contribution in [0.2, 0.25) is 0 Å². The maximum absolute atomic E-state index is 11.8. The summed E-state index contributed by atoms with van der Waals surface area (Å²) in [7, 11) is 0. The predicted molar refractivity (Wildman–Crippen MR) is 60.5 cm³/mol. The van der Waals surface area contributed by atoms with Gasteiger partial charge >= 0.3 is 6.18 Å². The molecule has 0 N–H and O–H groups in total. The molecule has 0 bridgehead atoms. The SMILES string of the molecule is FC(F)(F)COCCN1CCN(CCCl)CC1. The molecule has 0 radical (unpaired) electrons. The Morgan fingerprint density at radius 3 is 2.00 bits per heavy atom. The number of alkyl halides is 4. The number of hydrogen-bond acceptors (Lipinski definition) is 3. The highest BCUT2D eigenvalue weighted by atomic mass is 35.5. The Morgan fingerprint density at radius 1 is 1.00 bits per heavy atom. The van der Waals surface area contributed by atoms with Crippen molar-refractivity contribution in [3.05, 3.63) is 0 Å². The minimum atomic E-state index is -4.22. The molecule has 0 aliphatic carbocycles. The molecular weight excluding hydrogens is 257 g/mol. The molecule has 1 rings (SSSR count). The van der Waals surface area contributed by atoms with Crippen molar-refractivity contribution in [2.24, 2.45) is 0 Å². The second-order valence-electron chi connectivity index (χ2n) is 4.04. The lowest BCUT2D eigenvalue weighted by Crippen LogP contribution is -2.47. The minimum Gasteiger partial charge on any atom is -0.371 e. The predicted octanol–water partition coefficient (Wildman–Crippen LogP) is 1.42. The molecular formula is C10H18ClF3N2O. The first-order valence-electron chi connectivity index (χ1n) is 5.66. The summed E-state index contributed by atoms with van der Waals surface area (Å²) in [5.41, 5.74) is 0. The van der Waals surface area contributed by atoms with Crippen LogP contribution in [0.3, 0.4) is 0 Å². The van der Waals surface area contributed by atoms with Crippen LogP contribution in [0.25, 0.3) is 0 Å². The molecule has 1 aliphatic rings. The summed E-state index contributed by atoms with van der Waals surface area (Å²) >= 11 is 5.63. The second kappa shape index (κ2) is 7.41. The van der Waals surface area contributed by atoms with E-state index in [1.165, 1.54) is 0 Å². The van der Waals surface area contributed by atoms with Crippen LogP contribution >= 0.6 is 11.6 Å². The molecule has 0 aromatic rings. The Kier molecular flexibility index (Phi) is 6.54. The monoisotopic (exact) mass is 274 g/mol. The van der Waals surface area contributed by atoms with E-state index < -0.39 is 12.8 Å². The molecule has 0 spiro atoms. The van der Waals surface area contributed by atoms with E-state index in [0.717, 1.165) is 32.7 Å². The van der Waals surface area contributed by atoms with Gasteiger partial charge in [0.05, 0.1) is 6.61 Å². The van der Waals surface area contributed by atoms with Crippen LogP contribution in [0.1, 0.15) is 0 Å². The van der Waals surface area contributed by atoms with Gasteiger partial charge in [-0.3, -0.25) is 9.80 Å². The van der Waals surface area contributed by atoms with Gasteiger partial charge in [-0.05, 0) is 0 Å².